The Morgan fingerprint density at radius 3 is 2.65 bits per heavy atom. The predicted octanol–water partition coefficient (Wildman–Crippen LogP) is 2.00. The minimum atomic E-state index is -4.02. The summed E-state index contributed by atoms with van der Waals surface area (Å²) in [7, 11) is -2.20. The maximum absolute atomic E-state index is 12.6. The van der Waals surface area contributed by atoms with Gasteiger partial charge in [0.25, 0.3) is 0 Å². The minimum absolute atomic E-state index is 0.0516. The van der Waals surface area contributed by atoms with Crippen molar-refractivity contribution in [2.75, 3.05) is 6.54 Å². The number of carboxylic acids is 1. The third kappa shape index (κ3) is 3.11. The molecule has 138 valence electrons. The molecule has 0 aliphatic rings. The van der Waals surface area contributed by atoms with Gasteiger partial charge in [-0.1, -0.05) is 18.2 Å². The Hall–Kier alpha value is -2.65. The first kappa shape index (κ1) is 18.2. The number of aromatic carboxylic acids is 1. The van der Waals surface area contributed by atoms with Crippen molar-refractivity contribution in [3.8, 4) is 0 Å². The average Bonchev–Trinajstić information content (AvgIpc) is 3.05. The largest absolute Gasteiger partial charge is 0.478 e. The Balaban J connectivity index is 1.82. The first-order valence-corrected chi connectivity index (χ1v) is 9.44. The van der Waals surface area contributed by atoms with Gasteiger partial charge < -0.3 is 9.52 Å². The van der Waals surface area contributed by atoms with Crippen LogP contribution in [0, 0.1) is 13.8 Å². The number of rotatable bonds is 6. The van der Waals surface area contributed by atoms with Crippen LogP contribution in [0.25, 0.3) is 10.9 Å². The van der Waals surface area contributed by atoms with Gasteiger partial charge in [-0.05, 0) is 19.9 Å². The topological polar surface area (TPSA) is 114 Å². The SMILES string of the molecule is Cc1oc(C)c(S(=O)(=O)NCCc2nn(C)c3ccccc23)c1C(=O)O. The van der Waals surface area contributed by atoms with Gasteiger partial charge in [0.2, 0.25) is 10.0 Å². The number of hydrogen-bond donors (Lipinski definition) is 2. The highest BCUT2D eigenvalue weighted by atomic mass is 32.2. The van der Waals surface area contributed by atoms with Crippen molar-refractivity contribution in [3.05, 3.63) is 47.0 Å². The van der Waals surface area contributed by atoms with Crippen LogP contribution in [0.2, 0.25) is 0 Å². The Morgan fingerprint density at radius 1 is 1.27 bits per heavy atom. The van der Waals surface area contributed by atoms with Crippen LogP contribution < -0.4 is 4.72 Å². The van der Waals surface area contributed by atoms with E-state index in [1.807, 2.05) is 31.3 Å². The van der Waals surface area contributed by atoms with E-state index in [1.165, 1.54) is 13.8 Å². The highest BCUT2D eigenvalue weighted by Gasteiger charge is 2.30. The average molecular weight is 377 g/mol. The lowest BCUT2D eigenvalue weighted by Gasteiger charge is -2.06. The minimum Gasteiger partial charge on any atom is -0.478 e. The normalized spacial score (nSPS) is 12.0. The van der Waals surface area contributed by atoms with E-state index >= 15 is 0 Å². The summed E-state index contributed by atoms with van der Waals surface area (Å²) in [5, 5.41) is 14.7. The number of hydrogen-bond acceptors (Lipinski definition) is 5. The Kier molecular flexibility index (Phi) is 4.59. The molecule has 0 aliphatic carbocycles. The van der Waals surface area contributed by atoms with Crippen molar-refractivity contribution in [3.63, 3.8) is 0 Å². The zero-order chi connectivity index (χ0) is 19.1. The molecule has 9 heteroatoms. The number of fused-ring (bicyclic) bond motifs is 1. The summed E-state index contributed by atoms with van der Waals surface area (Å²) < 4.78 is 34.6. The van der Waals surface area contributed by atoms with Crippen LogP contribution in [0.1, 0.15) is 27.6 Å². The molecule has 0 spiro atoms. The van der Waals surface area contributed by atoms with E-state index in [4.69, 9.17) is 4.42 Å². The Bertz CT molecular complexity index is 1100. The number of carbonyl (C=O) groups is 1. The summed E-state index contributed by atoms with van der Waals surface area (Å²) >= 11 is 0. The van der Waals surface area contributed by atoms with Crippen molar-refractivity contribution in [2.24, 2.45) is 7.05 Å². The van der Waals surface area contributed by atoms with Gasteiger partial charge in [0.15, 0.2) is 0 Å². The summed E-state index contributed by atoms with van der Waals surface area (Å²) in [6.07, 6.45) is 0.374. The molecule has 0 unspecified atom stereocenters. The molecule has 0 aliphatic heterocycles. The van der Waals surface area contributed by atoms with Crippen LogP contribution in [-0.2, 0) is 23.5 Å². The Morgan fingerprint density at radius 2 is 1.96 bits per heavy atom. The summed E-state index contributed by atoms with van der Waals surface area (Å²) in [5.74, 6) is -1.22. The molecular formula is C17H19N3O5S. The number of nitrogens with one attached hydrogen (secondary N) is 1. The third-order valence-electron chi connectivity index (χ3n) is 4.18. The van der Waals surface area contributed by atoms with E-state index in [2.05, 4.69) is 9.82 Å². The molecule has 0 saturated heterocycles. The van der Waals surface area contributed by atoms with Gasteiger partial charge in [-0.15, -0.1) is 0 Å². The molecule has 2 aromatic heterocycles. The van der Waals surface area contributed by atoms with Crippen LogP contribution in [0.4, 0.5) is 0 Å². The second-order valence-corrected chi connectivity index (χ2v) is 7.66. The summed E-state index contributed by atoms with van der Waals surface area (Å²) in [4.78, 5) is 11.1. The number of carboxylic acid groups (broad SMARTS) is 1. The molecule has 2 N–H and O–H groups in total. The number of nitrogens with zero attached hydrogens (tertiary/aromatic N) is 2. The van der Waals surface area contributed by atoms with E-state index in [-0.39, 0.29) is 28.5 Å². The molecule has 26 heavy (non-hydrogen) atoms. The lowest BCUT2D eigenvalue weighted by Crippen LogP contribution is -2.27. The smallest absolute Gasteiger partial charge is 0.340 e. The zero-order valence-corrected chi connectivity index (χ0v) is 15.4. The number of furan rings is 1. The lowest BCUT2D eigenvalue weighted by atomic mass is 10.2. The van der Waals surface area contributed by atoms with Gasteiger partial charge in [-0.2, -0.15) is 5.10 Å². The van der Waals surface area contributed by atoms with Crippen LogP contribution in [0.5, 0.6) is 0 Å². The molecule has 0 fully saturated rings. The molecule has 0 radical (unpaired) electrons. The van der Waals surface area contributed by atoms with Gasteiger partial charge in [0.05, 0.1) is 11.2 Å². The number of aromatic nitrogens is 2. The number of sulfonamides is 1. The molecule has 0 amide bonds. The van der Waals surface area contributed by atoms with E-state index in [1.54, 1.807) is 4.68 Å². The molecule has 3 rings (SSSR count). The first-order chi connectivity index (χ1) is 12.2. The van der Waals surface area contributed by atoms with E-state index in [0.29, 0.717) is 6.42 Å². The van der Waals surface area contributed by atoms with Gasteiger partial charge in [-0.3, -0.25) is 4.68 Å². The molecule has 0 atom stereocenters. The van der Waals surface area contributed by atoms with Crippen molar-refractivity contribution < 1.29 is 22.7 Å². The van der Waals surface area contributed by atoms with Crippen molar-refractivity contribution >= 4 is 26.9 Å². The third-order valence-corrected chi connectivity index (χ3v) is 5.79. The molecular weight excluding hydrogens is 358 g/mol. The standard InChI is InChI=1S/C17H19N3O5S/c1-10-15(17(21)22)16(11(2)25-10)26(23,24)18-9-8-13-12-6-4-5-7-14(12)20(3)19-13/h4-7,18H,8-9H2,1-3H3,(H,21,22). The fraction of sp³-hybridized carbons (Fsp3) is 0.294. The number of para-hydroxylation sites is 1. The summed E-state index contributed by atoms with van der Waals surface area (Å²) in [5.41, 5.74) is 1.39. The lowest BCUT2D eigenvalue weighted by molar-refractivity contribution is 0.0691. The Labute approximate surface area is 150 Å². The van der Waals surface area contributed by atoms with Crippen LogP contribution >= 0.6 is 0 Å². The summed E-state index contributed by atoms with van der Waals surface area (Å²) in [6.45, 7) is 2.95. The molecule has 8 nitrogen and oxygen atoms in total. The predicted molar refractivity (Wildman–Crippen MR) is 94.7 cm³/mol. The van der Waals surface area contributed by atoms with Crippen LogP contribution in [0.15, 0.2) is 33.6 Å². The van der Waals surface area contributed by atoms with Crippen molar-refractivity contribution in [2.45, 2.75) is 25.2 Å². The van der Waals surface area contributed by atoms with Crippen molar-refractivity contribution in [1.82, 2.24) is 14.5 Å². The van der Waals surface area contributed by atoms with Gasteiger partial charge >= 0.3 is 5.97 Å². The van der Waals surface area contributed by atoms with E-state index in [0.717, 1.165) is 16.6 Å². The fourth-order valence-electron chi connectivity index (χ4n) is 3.08. The quantitative estimate of drug-likeness (QED) is 0.679. The van der Waals surface area contributed by atoms with Crippen molar-refractivity contribution in [1.29, 1.82) is 0 Å². The van der Waals surface area contributed by atoms with Gasteiger partial charge in [0, 0.05) is 25.4 Å². The molecule has 3 aromatic rings. The maximum Gasteiger partial charge on any atom is 0.340 e. The van der Waals surface area contributed by atoms with Gasteiger partial charge in [-0.25, -0.2) is 17.9 Å². The second-order valence-electron chi connectivity index (χ2n) is 5.96. The van der Waals surface area contributed by atoms with E-state index < -0.39 is 16.0 Å². The zero-order valence-electron chi connectivity index (χ0n) is 14.6. The number of aryl methyl sites for hydroxylation is 3. The van der Waals surface area contributed by atoms with E-state index in [9.17, 15) is 18.3 Å². The maximum atomic E-state index is 12.6. The second kappa shape index (κ2) is 6.58. The molecule has 0 saturated carbocycles. The fourth-order valence-corrected chi connectivity index (χ4v) is 4.52. The van der Waals surface area contributed by atoms with Gasteiger partial charge in [0.1, 0.15) is 22.0 Å². The van der Waals surface area contributed by atoms with Crippen LogP contribution in [0.3, 0.4) is 0 Å². The highest BCUT2D eigenvalue weighted by molar-refractivity contribution is 7.89. The monoisotopic (exact) mass is 377 g/mol. The molecule has 1 aromatic carbocycles. The van der Waals surface area contributed by atoms with Crippen LogP contribution in [-0.4, -0.2) is 35.8 Å². The number of benzene rings is 1. The molecule has 0 bridgehead atoms. The summed E-state index contributed by atoms with van der Waals surface area (Å²) in [6, 6.07) is 7.67. The first-order valence-electron chi connectivity index (χ1n) is 7.96. The highest BCUT2D eigenvalue weighted by Crippen LogP contribution is 2.26. The molecule has 2 heterocycles.